The number of piperazine rings is 1. The summed E-state index contributed by atoms with van der Waals surface area (Å²) in [5.41, 5.74) is 4.62. The number of benzene rings is 2. The number of carbonyl (C=O) groups excluding carboxylic acids is 2. The Morgan fingerprint density at radius 1 is 0.973 bits per heavy atom. The van der Waals surface area contributed by atoms with Crippen LogP contribution in [0, 0.1) is 6.92 Å². The molecule has 194 valence electrons. The van der Waals surface area contributed by atoms with E-state index in [1.165, 1.54) is 11.1 Å². The maximum Gasteiger partial charge on any atom is 0.289 e. The normalized spacial score (nSPS) is 18.0. The van der Waals surface area contributed by atoms with Gasteiger partial charge in [0, 0.05) is 39.1 Å². The van der Waals surface area contributed by atoms with Crippen LogP contribution < -0.4 is 4.74 Å². The van der Waals surface area contributed by atoms with Gasteiger partial charge in [0.25, 0.3) is 5.91 Å². The Hall–Kier alpha value is -3.58. The zero-order valence-corrected chi connectivity index (χ0v) is 21.9. The first-order valence-electron chi connectivity index (χ1n) is 13.1. The summed E-state index contributed by atoms with van der Waals surface area (Å²) in [4.78, 5) is 31.7. The highest BCUT2D eigenvalue weighted by Gasteiger charge is 2.31. The Kier molecular flexibility index (Phi) is 7.33. The Balaban J connectivity index is 1.33. The first-order valence-corrected chi connectivity index (χ1v) is 13.1. The third-order valence-corrected chi connectivity index (χ3v) is 7.41. The molecule has 0 unspecified atom stereocenters. The fourth-order valence-electron chi connectivity index (χ4n) is 5.15. The molecule has 2 aliphatic heterocycles. The van der Waals surface area contributed by atoms with Crippen molar-refractivity contribution in [1.29, 1.82) is 0 Å². The molecule has 2 aliphatic rings. The molecular weight excluding hydrogens is 466 g/mol. The van der Waals surface area contributed by atoms with Gasteiger partial charge in [-0.15, -0.1) is 0 Å². The van der Waals surface area contributed by atoms with Crippen LogP contribution in [0.15, 0.2) is 59.0 Å². The van der Waals surface area contributed by atoms with E-state index in [2.05, 4.69) is 49.2 Å². The van der Waals surface area contributed by atoms with Crippen molar-refractivity contribution in [2.24, 2.45) is 0 Å². The number of ether oxygens (including phenoxy) is 1. The second-order valence-corrected chi connectivity index (χ2v) is 10.0. The highest BCUT2D eigenvalue weighted by molar-refractivity contribution is 5.91. The Bertz CT molecular complexity index is 1260. The molecule has 2 amide bonds. The summed E-state index contributed by atoms with van der Waals surface area (Å²) in [7, 11) is 2.06. The summed E-state index contributed by atoms with van der Waals surface area (Å²) in [5.74, 6) is 1.74. The van der Waals surface area contributed by atoms with E-state index >= 15 is 0 Å². The fourth-order valence-corrected chi connectivity index (χ4v) is 5.15. The van der Waals surface area contributed by atoms with E-state index < -0.39 is 0 Å². The van der Waals surface area contributed by atoms with Crippen LogP contribution in [-0.2, 0) is 17.8 Å². The third kappa shape index (κ3) is 5.42. The molecule has 0 bridgehead atoms. The van der Waals surface area contributed by atoms with Crippen LogP contribution in [0.3, 0.4) is 0 Å². The smallest absolute Gasteiger partial charge is 0.289 e. The number of likely N-dealkylation sites (N-methyl/N-ethyl adjacent to an activating group) is 1. The van der Waals surface area contributed by atoms with Crippen molar-refractivity contribution in [1.82, 2.24) is 14.7 Å². The van der Waals surface area contributed by atoms with Crippen molar-refractivity contribution < 1.29 is 18.7 Å². The molecule has 7 nitrogen and oxygen atoms in total. The summed E-state index contributed by atoms with van der Waals surface area (Å²) >= 11 is 0. The number of nitrogens with zero attached hydrogens (tertiary/aromatic N) is 3. The predicted molar refractivity (Wildman–Crippen MR) is 142 cm³/mol. The molecule has 0 spiro atoms. The number of carbonyl (C=O) groups is 2. The van der Waals surface area contributed by atoms with E-state index in [9.17, 15) is 9.59 Å². The maximum absolute atomic E-state index is 12.9. The number of furan rings is 1. The zero-order valence-electron chi connectivity index (χ0n) is 21.9. The van der Waals surface area contributed by atoms with E-state index in [4.69, 9.17) is 9.15 Å². The van der Waals surface area contributed by atoms with Crippen molar-refractivity contribution in [3.05, 3.63) is 88.4 Å². The fraction of sp³-hybridized carbons (Fsp3) is 0.400. The number of amides is 2. The van der Waals surface area contributed by atoms with Crippen LogP contribution >= 0.6 is 0 Å². The molecule has 0 N–H and O–H groups in total. The molecule has 0 aliphatic carbocycles. The zero-order chi connectivity index (χ0) is 25.9. The quantitative estimate of drug-likeness (QED) is 0.500. The van der Waals surface area contributed by atoms with Crippen LogP contribution in [0.25, 0.3) is 0 Å². The number of hydrogen-bond acceptors (Lipinski definition) is 5. The van der Waals surface area contributed by atoms with E-state index in [0.29, 0.717) is 43.3 Å². The van der Waals surface area contributed by atoms with Crippen molar-refractivity contribution in [2.45, 2.75) is 39.3 Å². The second-order valence-electron chi connectivity index (χ2n) is 10.0. The molecule has 2 aromatic carbocycles. The molecular formula is C30H35N3O4. The van der Waals surface area contributed by atoms with Crippen LogP contribution in [0.1, 0.15) is 58.0 Å². The molecule has 0 saturated carbocycles. The molecule has 5 rings (SSSR count). The van der Waals surface area contributed by atoms with Crippen molar-refractivity contribution in [3.8, 4) is 5.75 Å². The molecule has 0 radical (unpaired) electrons. The molecule has 1 saturated heterocycles. The lowest BCUT2D eigenvalue weighted by molar-refractivity contribution is -0.132. The standard InChI is InChI=1S/C30H35N3O4/c1-4-28(34)33-14-13-22-9-10-24(19-26(22)29(33)23-7-5-21(2)6-8-23)36-20-25-11-12-27(37-25)30(35)32-17-15-31(3)16-18-32/h5-12,19,29H,4,13-18,20H2,1-3H3/t29-/m1/s1. The van der Waals surface area contributed by atoms with Crippen LogP contribution in [0.2, 0.25) is 0 Å². The molecule has 1 atom stereocenters. The van der Waals surface area contributed by atoms with Gasteiger partial charge >= 0.3 is 0 Å². The van der Waals surface area contributed by atoms with Gasteiger partial charge < -0.3 is 23.9 Å². The number of rotatable bonds is 6. The monoisotopic (exact) mass is 501 g/mol. The average molecular weight is 502 g/mol. The Labute approximate surface area is 218 Å². The average Bonchev–Trinajstić information content (AvgIpc) is 3.40. The minimum absolute atomic E-state index is 0.0743. The summed E-state index contributed by atoms with van der Waals surface area (Å²) in [6, 6.07) is 17.9. The van der Waals surface area contributed by atoms with Crippen LogP contribution in [-0.4, -0.2) is 66.3 Å². The molecule has 3 heterocycles. The topological polar surface area (TPSA) is 66.2 Å². The van der Waals surface area contributed by atoms with Crippen LogP contribution in [0.4, 0.5) is 0 Å². The van der Waals surface area contributed by atoms with Crippen molar-refractivity contribution in [3.63, 3.8) is 0 Å². The molecule has 7 heteroatoms. The van der Waals surface area contributed by atoms with Gasteiger partial charge in [-0.2, -0.15) is 0 Å². The van der Waals surface area contributed by atoms with Gasteiger partial charge in [-0.25, -0.2) is 0 Å². The minimum atomic E-state index is -0.142. The molecule has 1 fully saturated rings. The van der Waals surface area contributed by atoms with E-state index in [0.717, 1.165) is 30.6 Å². The van der Waals surface area contributed by atoms with Gasteiger partial charge in [0.15, 0.2) is 5.76 Å². The number of aryl methyl sites for hydroxylation is 1. The van der Waals surface area contributed by atoms with Crippen molar-refractivity contribution >= 4 is 11.8 Å². The van der Waals surface area contributed by atoms with Gasteiger partial charge in [-0.1, -0.05) is 42.8 Å². The van der Waals surface area contributed by atoms with E-state index in [1.807, 2.05) is 28.9 Å². The molecule has 37 heavy (non-hydrogen) atoms. The van der Waals surface area contributed by atoms with Crippen LogP contribution in [0.5, 0.6) is 5.75 Å². The van der Waals surface area contributed by atoms with E-state index in [1.54, 1.807) is 12.1 Å². The van der Waals surface area contributed by atoms with Gasteiger partial charge in [0.05, 0.1) is 6.04 Å². The largest absolute Gasteiger partial charge is 0.486 e. The first-order chi connectivity index (χ1) is 17.9. The first kappa shape index (κ1) is 25.1. The molecule has 1 aromatic heterocycles. The maximum atomic E-state index is 12.9. The highest BCUT2D eigenvalue weighted by Crippen LogP contribution is 2.37. The van der Waals surface area contributed by atoms with Gasteiger partial charge in [0.2, 0.25) is 5.91 Å². The number of fused-ring (bicyclic) bond motifs is 1. The van der Waals surface area contributed by atoms with Gasteiger partial charge in [0.1, 0.15) is 18.1 Å². The third-order valence-electron chi connectivity index (χ3n) is 7.41. The molecule has 3 aromatic rings. The summed E-state index contributed by atoms with van der Waals surface area (Å²) < 4.78 is 11.9. The minimum Gasteiger partial charge on any atom is -0.486 e. The van der Waals surface area contributed by atoms with Crippen molar-refractivity contribution in [2.75, 3.05) is 39.8 Å². The lowest BCUT2D eigenvalue weighted by Crippen LogP contribution is -2.47. The highest BCUT2D eigenvalue weighted by atomic mass is 16.5. The summed E-state index contributed by atoms with van der Waals surface area (Å²) in [6.07, 6.45) is 1.29. The predicted octanol–water partition coefficient (Wildman–Crippen LogP) is 4.44. The number of hydrogen-bond donors (Lipinski definition) is 0. The van der Waals surface area contributed by atoms with Gasteiger partial charge in [-0.3, -0.25) is 9.59 Å². The van der Waals surface area contributed by atoms with E-state index in [-0.39, 0.29) is 24.5 Å². The Morgan fingerprint density at radius 3 is 2.46 bits per heavy atom. The second kappa shape index (κ2) is 10.8. The summed E-state index contributed by atoms with van der Waals surface area (Å²) in [5, 5.41) is 0. The lowest BCUT2D eigenvalue weighted by atomic mass is 9.87. The van der Waals surface area contributed by atoms with Gasteiger partial charge in [-0.05, 0) is 61.3 Å². The SMILES string of the molecule is CCC(=O)N1CCc2ccc(OCc3ccc(C(=O)N4CCN(C)CC4)o3)cc2[C@H]1c1ccc(C)cc1. The summed E-state index contributed by atoms with van der Waals surface area (Å²) in [6.45, 7) is 8.05. The Morgan fingerprint density at radius 2 is 1.73 bits per heavy atom. The lowest BCUT2D eigenvalue weighted by Gasteiger charge is -2.38.